The molecule has 0 atom stereocenters. The number of hydrogen-bond acceptors (Lipinski definition) is 4. The largest absolute Gasteiger partial charge is 0.443 e. The molecular weight excluding hydrogens is 360 g/mol. The van der Waals surface area contributed by atoms with Crippen LogP contribution in [0.25, 0.3) is 0 Å². The zero-order chi connectivity index (χ0) is 16.2. The molecule has 1 aromatic rings. The number of nitrogens with two attached hydrogens (primary N) is 1. The minimum atomic E-state index is -3.92. The van der Waals surface area contributed by atoms with Crippen LogP contribution in [0.3, 0.4) is 0 Å². The third kappa shape index (κ3) is 2.76. The third-order valence-electron chi connectivity index (χ3n) is 4.97. The number of halogens is 1. The summed E-state index contributed by atoms with van der Waals surface area (Å²) in [6, 6.07) is 1.12. The van der Waals surface area contributed by atoms with Gasteiger partial charge in [-0.15, -0.1) is 0 Å². The Hall–Kier alpha value is -0.860. The predicted octanol–water partition coefficient (Wildman–Crippen LogP) is 2.10. The van der Waals surface area contributed by atoms with Crippen molar-refractivity contribution in [3.8, 4) is 0 Å². The molecule has 0 radical (unpaired) electrons. The number of carbonyl (C=O) groups excluding carboxylic acids is 1. The minimum absolute atomic E-state index is 0.0674. The molecule has 1 aliphatic rings. The first-order valence-corrected chi connectivity index (χ1v) is 8.83. The standard InChI is InChI=1S/C13H19BrN2O4S/c1-12(2)9(13(12,3)4)6-16-11(17)7-5-8(10(14)20-7)21(15,18)19/h5,9H,6H2,1-4H3,(H,16,17)(H2,15,18,19). The van der Waals surface area contributed by atoms with Crippen LogP contribution in [0.2, 0.25) is 0 Å². The molecule has 0 spiro atoms. The van der Waals surface area contributed by atoms with Crippen molar-refractivity contribution in [2.45, 2.75) is 32.6 Å². The molecule has 8 heteroatoms. The van der Waals surface area contributed by atoms with Crippen molar-refractivity contribution in [2.24, 2.45) is 21.9 Å². The Labute approximate surface area is 132 Å². The Balaban J connectivity index is 2.06. The lowest BCUT2D eigenvalue weighted by Gasteiger charge is -2.04. The van der Waals surface area contributed by atoms with Crippen LogP contribution in [0.5, 0.6) is 0 Å². The van der Waals surface area contributed by atoms with Crippen LogP contribution in [-0.2, 0) is 10.0 Å². The van der Waals surface area contributed by atoms with Crippen molar-refractivity contribution in [1.82, 2.24) is 5.32 Å². The number of carbonyl (C=O) groups is 1. The van der Waals surface area contributed by atoms with Gasteiger partial charge in [0.2, 0.25) is 10.0 Å². The van der Waals surface area contributed by atoms with Crippen molar-refractivity contribution in [2.75, 3.05) is 6.54 Å². The van der Waals surface area contributed by atoms with E-state index in [1.807, 2.05) is 0 Å². The molecule has 1 fully saturated rings. The molecule has 6 nitrogen and oxygen atoms in total. The van der Waals surface area contributed by atoms with Crippen LogP contribution in [0.1, 0.15) is 38.2 Å². The molecule has 1 amide bonds. The number of sulfonamides is 1. The molecule has 118 valence electrons. The molecule has 0 unspecified atom stereocenters. The van der Waals surface area contributed by atoms with E-state index in [1.54, 1.807) is 0 Å². The summed E-state index contributed by atoms with van der Waals surface area (Å²) >= 11 is 2.94. The van der Waals surface area contributed by atoms with E-state index >= 15 is 0 Å². The SMILES string of the molecule is CC1(C)C(CNC(=O)c2cc(S(N)(=O)=O)c(Br)o2)C1(C)C. The number of hydrogen-bond donors (Lipinski definition) is 2. The highest BCUT2D eigenvalue weighted by molar-refractivity contribution is 9.10. The number of nitrogens with one attached hydrogen (secondary N) is 1. The Morgan fingerprint density at radius 3 is 2.29 bits per heavy atom. The van der Waals surface area contributed by atoms with Gasteiger partial charge in [-0.05, 0) is 32.7 Å². The molecule has 3 N–H and O–H groups in total. The zero-order valence-electron chi connectivity index (χ0n) is 12.4. The molecular formula is C13H19BrN2O4S. The van der Waals surface area contributed by atoms with Gasteiger partial charge in [-0.1, -0.05) is 27.7 Å². The number of furan rings is 1. The lowest BCUT2D eigenvalue weighted by molar-refractivity contribution is 0.0921. The van der Waals surface area contributed by atoms with Crippen molar-refractivity contribution in [3.05, 3.63) is 16.5 Å². The van der Waals surface area contributed by atoms with E-state index in [2.05, 4.69) is 48.9 Å². The van der Waals surface area contributed by atoms with E-state index in [-0.39, 0.29) is 26.2 Å². The second kappa shape index (κ2) is 4.82. The van der Waals surface area contributed by atoms with Gasteiger partial charge in [0.15, 0.2) is 10.4 Å². The Morgan fingerprint density at radius 1 is 1.38 bits per heavy atom. The fourth-order valence-corrected chi connectivity index (χ4v) is 4.29. The van der Waals surface area contributed by atoms with Crippen molar-refractivity contribution < 1.29 is 17.6 Å². The van der Waals surface area contributed by atoms with Crippen LogP contribution in [0, 0.1) is 16.7 Å². The highest BCUT2D eigenvalue weighted by atomic mass is 79.9. The molecule has 0 aliphatic heterocycles. The van der Waals surface area contributed by atoms with Crippen LogP contribution in [-0.4, -0.2) is 20.9 Å². The molecule has 21 heavy (non-hydrogen) atoms. The van der Waals surface area contributed by atoms with E-state index in [9.17, 15) is 13.2 Å². The highest BCUT2D eigenvalue weighted by Crippen LogP contribution is 2.67. The van der Waals surface area contributed by atoms with Gasteiger partial charge in [0.25, 0.3) is 5.91 Å². The number of primary sulfonamides is 1. The van der Waals surface area contributed by atoms with Gasteiger partial charge in [0.05, 0.1) is 0 Å². The second-order valence-electron chi connectivity index (χ2n) is 6.50. The monoisotopic (exact) mass is 378 g/mol. The summed E-state index contributed by atoms with van der Waals surface area (Å²) in [7, 11) is -3.92. The number of rotatable bonds is 4. The zero-order valence-corrected chi connectivity index (χ0v) is 14.8. The summed E-state index contributed by atoms with van der Waals surface area (Å²) in [5, 5.41) is 7.80. The van der Waals surface area contributed by atoms with Crippen LogP contribution in [0.15, 0.2) is 20.0 Å². The molecule has 0 bridgehead atoms. The van der Waals surface area contributed by atoms with Crippen LogP contribution in [0.4, 0.5) is 0 Å². The van der Waals surface area contributed by atoms with E-state index in [0.29, 0.717) is 12.5 Å². The van der Waals surface area contributed by atoms with Crippen molar-refractivity contribution in [1.29, 1.82) is 0 Å². The van der Waals surface area contributed by atoms with E-state index in [0.717, 1.165) is 6.07 Å². The van der Waals surface area contributed by atoms with Gasteiger partial charge in [0.1, 0.15) is 4.90 Å². The summed E-state index contributed by atoms with van der Waals surface area (Å²) in [4.78, 5) is 11.8. The second-order valence-corrected chi connectivity index (χ2v) is 8.75. The smallest absolute Gasteiger partial charge is 0.287 e. The van der Waals surface area contributed by atoms with Gasteiger partial charge >= 0.3 is 0 Å². The summed E-state index contributed by atoms with van der Waals surface area (Å²) in [6.07, 6.45) is 0. The minimum Gasteiger partial charge on any atom is -0.443 e. The number of amides is 1. The fraction of sp³-hybridized carbons (Fsp3) is 0.615. The first-order valence-electron chi connectivity index (χ1n) is 6.49. The highest BCUT2D eigenvalue weighted by Gasteiger charge is 2.64. The predicted molar refractivity (Wildman–Crippen MR) is 81.2 cm³/mol. The third-order valence-corrected chi connectivity index (χ3v) is 6.74. The summed E-state index contributed by atoms with van der Waals surface area (Å²) in [5.41, 5.74) is 0.325. The van der Waals surface area contributed by atoms with Gasteiger partial charge in [0, 0.05) is 12.6 Å². The molecule has 1 heterocycles. The summed E-state index contributed by atoms with van der Waals surface area (Å²) in [5.74, 6) is -0.170. The average molecular weight is 379 g/mol. The maximum absolute atomic E-state index is 12.0. The average Bonchev–Trinajstić information content (AvgIpc) is 2.63. The van der Waals surface area contributed by atoms with E-state index < -0.39 is 15.9 Å². The Kier molecular flexibility index (Phi) is 3.79. The Morgan fingerprint density at radius 2 is 1.90 bits per heavy atom. The fourth-order valence-electron chi connectivity index (χ4n) is 2.78. The molecule has 1 aromatic heterocycles. The van der Waals surface area contributed by atoms with Crippen molar-refractivity contribution in [3.63, 3.8) is 0 Å². The quantitative estimate of drug-likeness (QED) is 0.836. The summed E-state index contributed by atoms with van der Waals surface area (Å²) in [6.45, 7) is 9.15. The lowest BCUT2D eigenvalue weighted by atomic mass is 10.0. The van der Waals surface area contributed by atoms with E-state index in [1.165, 1.54) is 0 Å². The lowest BCUT2D eigenvalue weighted by Crippen LogP contribution is -2.26. The Bertz CT molecular complexity index is 677. The van der Waals surface area contributed by atoms with Gasteiger partial charge in [-0.2, -0.15) is 0 Å². The molecule has 1 aliphatic carbocycles. The van der Waals surface area contributed by atoms with Crippen LogP contribution >= 0.6 is 15.9 Å². The summed E-state index contributed by atoms with van der Waals surface area (Å²) < 4.78 is 27.6. The first kappa shape index (κ1) is 16.5. The van der Waals surface area contributed by atoms with E-state index in [4.69, 9.17) is 9.56 Å². The molecule has 1 saturated carbocycles. The van der Waals surface area contributed by atoms with Gasteiger partial charge in [-0.3, -0.25) is 4.79 Å². The molecule has 0 saturated heterocycles. The maximum Gasteiger partial charge on any atom is 0.287 e. The first-order chi connectivity index (χ1) is 9.39. The topological polar surface area (TPSA) is 102 Å². The molecule has 2 rings (SSSR count). The normalized spacial score (nSPS) is 20.3. The maximum atomic E-state index is 12.0. The van der Waals surface area contributed by atoms with Crippen LogP contribution < -0.4 is 10.5 Å². The van der Waals surface area contributed by atoms with Gasteiger partial charge < -0.3 is 9.73 Å². The molecule has 0 aromatic carbocycles. The van der Waals surface area contributed by atoms with Crippen molar-refractivity contribution >= 4 is 31.9 Å². The van der Waals surface area contributed by atoms with Gasteiger partial charge in [-0.25, -0.2) is 13.6 Å².